The van der Waals surface area contributed by atoms with Crippen LogP contribution in [0.25, 0.3) is 39.2 Å². The van der Waals surface area contributed by atoms with Crippen molar-refractivity contribution >= 4 is 38.6 Å². The van der Waals surface area contributed by atoms with Gasteiger partial charge in [-0.25, -0.2) is 9.67 Å². The van der Waals surface area contributed by atoms with Gasteiger partial charge in [0.1, 0.15) is 5.69 Å². The third-order valence-electron chi connectivity index (χ3n) is 5.81. The highest BCUT2D eigenvalue weighted by Gasteiger charge is 2.36. The first-order chi connectivity index (χ1) is 16.6. The molecule has 2 aromatic heterocycles. The van der Waals surface area contributed by atoms with Crippen LogP contribution in [0.15, 0.2) is 77.3 Å². The van der Waals surface area contributed by atoms with Crippen molar-refractivity contribution in [3.05, 3.63) is 99.0 Å². The summed E-state index contributed by atoms with van der Waals surface area (Å²) in [4.78, 5) is 4.68. The number of aromatic nitrogens is 3. The minimum absolute atomic E-state index is 0.0566. The van der Waals surface area contributed by atoms with E-state index in [1.807, 2.05) is 26.0 Å². The lowest BCUT2D eigenvalue weighted by atomic mass is 10.0. The van der Waals surface area contributed by atoms with Gasteiger partial charge in [-0.05, 0) is 49.7 Å². The third-order valence-corrected chi connectivity index (χ3v) is 6.74. The molecule has 3 nitrogen and oxygen atoms in total. The van der Waals surface area contributed by atoms with Gasteiger partial charge >= 0.3 is 6.18 Å². The Kier molecular flexibility index (Phi) is 5.93. The minimum Gasteiger partial charge on any atom is -0.228 e. The van der Waals surface area contributed by atoms with Gasteiger partial charge in [0.15, 0.2) is 5.65 Å². The fourth-order valence-corrected chi connectivity index (χ4v) is 4.35. The molecule has 0 aliphatic heterocycles. The highest BCUT2D eigenvalue weighted by atomic mass is 79.9. The largest absolute Gasteiger partial charge is 0.417 e. The number of aryl methyl sites for hydroxylation is 2. The standard InChI is InChI=1S/C27H18BrClF3N3/c1-15-3-6-18(7-4-15)25-24-21(27(30,31)32)14-23(17-8-10-19(28)11-9-17)33-26(24)35(34-25)20-12-5-16(2)22(29)13-20/h3-14H,1-2H3. The zero-order valence-electron chi connectivity index (χ0n) is 18.7. The van der Waals surface area contributed by atoms with Crippen molar-refractivity contribution in [2.75, 3.05) is 0 Å². The van der Waals surface area contributed by atoms with Gasteiger partial charge in [0.05, 0.1) is 22.3 Å². The Morgan fingerprint density at radius 2 is 1.51 bits per heavy atom. The van der Waals surface area contributed by atoms with Crippen LogP contribution in [0.5, 0.6) is 0 Å². The molecule has 176 valence electrons. The molecule has 0 spiro atoms. The van der Waals surface area contributed by atoms with E-state index in [-0.39, 0.29) is 22.4 Å². The number of nitrogens with zero attached hydrogens (tertiary/aromatic N) is 3. The van der Waals surface area contributed by atoms with Gasteiger partial charge in [-0.15, -0.1) is 0 Å². The molecule has 5 rings (SSSR count). The molecule has 0 saturated carbocycles. The number of hydrogen-bond donors (Lipinski definition) is 0. The van der Waals surface area contributed by atoms with Crippen LogP contribution in [0.4, 0.5) is 13.2 Å². The molecule has 0 N–H and O–H groups in total. The molecule has 2 heterocycles. The molecule has 0 aliphatic carbocycles. The first-order valence-corrected chi connectivity index (χ1v) is 11.9. The van der Waals surface area contributed by atoms with Crippen LogP contribution >= 0.6 is 27.5 Å². The van der Waals surface area contributed by atoms with Crippen molar-refractivity contribution in [1.82, 2.24) is 14.8 Å². The highest BCUT2D eigenvalue weighted by Crippen LogP contribution is 2.42. The van der Waals surface area contributed by atoms with Crippen molar-refractivity contribution in [3.63, 3.8) is 0 Å². The molecule has 0 fully saturated rings. The fraction of sp³-hybridized carbons (Fsp3) is 0.111. The van der Waals surface area contributed by atoms with Crippen LogP contribution in [0.3, 0.4) is 0 Å². The van der Waals surface area contributed by atoms with E-state index in [0.29, 0.717) is 21.8 Å². The summed E-state index contributed by atoms with van der Waals surface area (Å²) in [7, 11) is 0. The van der Waals surface area contributed by atoms with E-state index in [0.717, 1.165) is 21.7 Å². The van der Waals surface area contributed by atoms with Crippen molar-refractivity contribution < 1.29 is 13.2 Å². The van der Waals surface area contributed by atoms with Gasteiger partial charge in [0.2, 0.25) is 0 Å². The Labute approximate surface area is 213 Å². The van der Waals surface area contributed by atoms with Gasteiger partial charge in [0, 0.05) is 20.6 Å². The zero-order valence-corrected chi connectivity index (χ0v) is 21.0. The van der Waals surface area contributed by atoms with Crippen molar-refractivity contribution in [1.29, 1.82) is 0 Å². The predicted octanol–water partition coefficient (Wildman–Crippen LogP) is 8.81. The molecule has 0 amide bonds. The molecule has 0 atom stereocenters. The van der Waals surface area contributed by atoms with Crippen molar-refractivity contribution in [2.45, 2.75) is 20.0 Å². The van der Waals surface area contributed by atoms with Gasteiger partial charge in [-0.2, -0.15) is 18.3 Å². The number of rotatable bonds is 3. The summed E-state index contributed by atoms with van der Waals surface area (Å²) in [5, 5.41) is 5.07. The molecule has 0 radical (unpaired) electrons. The molecule has 8 heteroatoms. The first-order valence-electron chi connectivity index (χ1n) is 10.7. The SMILES string of the molecule is Cc1ccc(-c2nn(-c3ccc(C)c(Cl)c3)c3nc(-c4ccc(Br)cc4)cc(C(F)(F)F)c23)cc1. The second kappa shape index (κ2) is 8.81. The summed E-state index contributed by atoms with van der Waals surface area (Å²) in [6.07, 6.45) is -4.62. The second-order valence-electron chi connectivity index (χ2n) is 8.32. The van der Waals surface area contributed by atoms with Crippen LogP contribution in [-0.4, -0.2) is 14.8 Å². The summed E-state index contributed by atoms with van der Waals surface area (Å²) in [5.74, 6) is 0. The summed E-state index contributed by atoms with van der Waals surface area (Å²) in [6.45, 7) is 3.78. The Balaban J connectivity index is 1.89. The summed E-state index contributed by atoms with van der Waals surface area (Å²) in [6, 6.07) is 20.6. The van der Waals surface area contributed by atoms with E-state index in [9.17, 15) is 13.2 Å². The Morgan fingerprint density at radius 1 is 0.857 bits per heavy atom. The van der Waals surface area contributed by atoms with E-state index < -0.39 is 11.7 Å². The first kappa shape index (κ1) is 23.6. The topological polar surface area (TPSA) is 30.7 Å². The second-order valence-corrected chi connectivity index (χ2v) is 9.64. The molecule has 0 aliphatic rings. The molecule has 0 saturated heterocycles. The molecular formula is C27H18BrClF3N3. The van der Waals surface area contributed by atoms with Crippen molar-refractivity contribution in [3.8, 4) is 28.2 Å². The van der Waals surface area contributed by atoms with E-state index in [1.165, 1.54) is 4.68 Å². The smallest absolute Gasteiger partial charge is 0.228 e. The Bertz CT molecular complexity index is 1560. The number of fused-ring (bicyclic) bond motifs is 1. The molecular weight excluding hydrogens is 539 g/mol. The molecule has 0 unspecified atom stereocenters. The van der Waals surface area contributed by atoms with E-state index in [4.69, 9.17) is 11.6 Å². The fourth-order valence-electron chi connectivity index (χ4n) is 3.91. The van der Waals surface area contributed by atoms with Crippen LogP contribution in [0, 0.1) is 13.8 Å². The maximum atomic E-state index is 14.5. The Morgan fingerprint density at radius 3 is 2.14 bits per heavy atom. The molecule has 3 aromatic carbocycles. The number of benzene rings is 3. The van der Waals surface area contributed by atoms with Gasteiger partial charge in [0.25, 0.3) is 0 Å². The minimum atomic E-state index is -4.62. The third kappa shape index (κ3) is 4.46. The number of alkyl halides is 3. The Hall–Kier alpha value is -3.16. The van der Waals surface area contributed by atoms with E-state index in [1.54, 1.807) is 54.6 Å². The molecule has 0 bridgehead atoms. The zero-order chi connectivity index (χ0) is 24.9. The maximum Gasteiger partial charge on any atom is 0.417 e. The summed E-state index contributed by atoms with van der Waals surface area (Å²) < 4.78 is 45.7. The average molecular weight is 557 g/mol. The van der Waals surface area contributed by atoms with E-state index in [2.05, 4.69) is 26.0 Å². The lowest BCUT2D eigenvalue weighted by Gasteiger charge is -2.12. The van der Waals surface area contributed by atoms with Crippen LogP contribution in [-0.2, 0) is 6.18 Å². The highest BCUT2D eigenvalue weighted by molar-refractivity contribution is 9.10. The normalized spacial score (nSPS) is 11.9. The summed E-state index contributed by atoms with van der Waals surface area (Å²) >= 11 is 9.72. The predicted molar refractivity (Wildman–Crippen MR) is 137 cm³/mol. The summed E-state index contributed by atoms with van der Waals surface area (Å²) in [5.41, 5.74) is 3.23. The molecule has 35 heavy (non-hydrogen) atoms. The van der Waals surface area contributed by atoms with Crippen LogP contribution in [0.2, 0.25) is 5.02 Å². The van der Waals surface area contributed by atoms with Gasteiger partial charge in [-0.3, -0.25) is 0 Å². The molecule has 5 aromatic rings. The van der Waals surface area contributed by atoms with Gasteiger partial charge < -0.3 is 0 Å². The monoisotopic (exact) mass is 555 g/mol. The number of hydrogen-bond acceptors (Lipinski definition) is 2. The number of pyridine rings is 1. The quantitative estimate of drug-likeness (QED) is 0.222. The number of halogens is 5. The van der Waals surface area contributed by atoms with Crippen molar-refractivity contribution in [2.24, 2.45) is 0 Å². The van der Waals surface area contributed by atoms with Crippen LogP contribution in [0.1, 0.15) is 16.7 Å². The van der Waals surface area contributed by atoms with Crippen LogP contribution < -0.4 is 0 Å². The van der Waals surface area contributed by atoms with E-state index >= 15 is 0 Å². The lowest BCUT2D eigenvalue weighted by Crippen LogP contribution is -2.08. The van der Waals surface area contributed by atoms with Gasteiger partial charge in [-0.1, -0.05) is 75.6 Å². The maximum absolute atomic E-state index is 14.5. The average Bonchev–Trinajstić information content (AvgIpc) is 3.20. The lowest BCUT2D eigenvalue weighted by molar-refractivity contribution is -0.136.